The Kier molecular flexibility index (Phi) is 4.10. The molecule has 0 heterocycles. The second kappa shape index (κ2) is 5.40. The quantitative estimate of drug-likeness (QED) is 0.835. The smallest absolute Gasteiger partial charge is 0.0806 e. The minimum absolute atomic E-state index is 0.209. The maximum Gasteiger partial charge on any atom is 0.0806 e. The standard InChI is InChI=1S/C13H18ClNOS/c1-9-4-2-5-10(8-9)17(16)13-11(14)6-3-7-12(13)15/h3,6-7,9-10H,2,4-5,8,15H2,1H3. The van der Waals surface area contributed by atoms with Gasteiger partial charge in [0.15, 0.2) is 0 Å². The molecule has 0 bridgehead atoms. The van der Waals surface area contributed by atoms with Crippen LogP contribution in [0.4, 0.5) is 5.69 Å². The molecule has 94 valence electrons. The van der Waals surface area contributed by atoms with Gasteiger partial charge in [-0.05, 0) is 30.9 Å². The van der Waals surface area contributed by atoms with Gasteiger partial charge >= 0.3 is 0 Å². The minimum atomic E-state index is -1.07. The lowest BCUT2D eigenvalue weighted by molar-refractivity contribution is 0.389. The molecule has 17 heavy (non-hydrogen) atoms. The van der Waals surface area contributed by atoms with E-state index in [-0.39, 0.29) is 5.25 Å². The van der Waals surface area contributed by atoms with Gasteiger partial charge in [-0.15, -0.1) is 0 Å². The van der Waals surface area contributed by atoms with Crippen LogP contribution in [0.2, 0.25) is 5.02 Å². The molecule has 2 N–H and O–H groups in total. The molecule has 2 nitrogen and oxygen atoms in total. The third-order valence-electron chi connectivity index (χ3n) is 3.39. The predicted octanol–water partition coefficient (Wildman–Crippen LogP) is 3.61. The van der Waals surface area contributed by atoms with E-state index < -0.39 is 10.8 Å². The van der Waals surface area contributed by atoms with Crippen LogP contribution in [-0.2, 0) is 10.8 Å². The third kappa shape index (κ3) is 2.83. The van der Waals surface area contributed by atoms with Crippen molar-refractivity contribution in [1.29, 1.82) is 0 Å². The zero-order chi connectivity index (χ0) is 12.4. The molecule has 0 radical (unpaired) electrons. The Morgan fingerprint density at radius 1 is 1.41 bits per heavy atom. The molecule has 1 saturated carbocycles. The van der Waals surface area contributed by atoms with Gasteiger partial charge in [-0.3, -0.25) is 4.21 Å². The van der Waals surface area contributed by atoms with Crippen LogP contribution < -0.4 is 5.73 Å². The van der Waals surface area contributed by atoms with Crippen molar-refractivity contribution in [3.63, 3.8) is 0 Å². The number of rotatable bonds is 2. The van der Waals surface area contributed by atoms with Crippen LogP contribution >= 0.6 is 11.6 Å². The van der Waals surface area contributed by atoms with Crippen LogP contribution in [0.15, 0.2) is 23.1 Å². The lowest BCUT2D eigenvalue weighted by atomic mass is 9.91. The van der Waals surface area contributed by atoms with Crippen molar-refractivity contribution in [3.8, 4) is 0 Å². The summed E-state index contributed by atoms with van der Waals surface area (Å²) in [6.07, 6.45) is 4.42. The van der Waals surface area contributed by atoms with Crippen molar-refractivity contribution < 1.29 is 4.21 Å². The van der Waals surface area contributed by atoms with Crippen molar-refractivity contribution >= 4 is 28.1 Å². The highest BCUT2D eigenvalue weighted by Crippen LogP contribution is 2.34. The summed E-state index contributed by atoms with van der Waals surface area (Å²) in [5, 5.41) is 0.738. The molecule has 3 unspecified atom stereocenters. The SMILES string of the molecule is CC1CCCC(S(=O)c2c(N)cccc2Cl)C1. The number of benzene rings is 1. The Labute approximate surface area is 110 Å². The van der Waals surface area contributed by atoms with Crippen LogP contribution in [0, 0.1) is 5.92 Å². The summed E-state index contributed by atoms with van der Waals surface area (Å²) in [5.74, 6) is 0.654. The number of anilines is 1. The van der Waals surface area contributed by atoms with Crippen LogP contribution in [0.1, 0.15) is 32.6 Å². The highest BCUT2D eigenvalue weighted by atomic mass is 35.5. The monoisotopic (exact) mass is 271 g/mol. The maximum atomic E-state index is 12.5. The minimum Gasteiger partial charge on any atom is -0.398 e. The van der Waals surface area contributed by atoms with E-state index in [9.17, 15) is 4.21 Å². The number of nitrogen functional groups attached to an aromatic ring is 1. The maximum absolute atomic E-state index is 12.5. The summed E-state index contributed by atoms with van der Waals surface area (Å²) < 4.78 is 12.5. The van der Waals surface area contributed by atoms with Gasteiger partial charge < -0.3 is 5.73 Å². The van der Waals surface area contributed by atoms with E-state index in [1.165, 1.54) is 6.42 Å². The molecule has 2 rings (SSSR count). The fourth-order valence-corrected chi connectivity index (χ4v) is 4.67. The Morgan fingerprint density at radius 3 is 2.82 bits per heavy atom. The normalized spacial score (nSPS) is 26.7. The first-order valence-electron chi connectivity index (χ1n) is 6.04. The lowest BCUT2D eigenvalue weighted by Crippen LogP contribution is -2.23. The molecule has 1 aliphatic carbocycles. The van der Waals surface area contributed by atoms with Gasteiger partial charge in [0.1, 0.15) is 0 Å². The molecule has 0 amide bonds. The van der Waals surface area contributed by atoms with Gasteiger partial charge in [0.2, 0.25) is 0 Å². The van der Waals surface area contributed by atoms with Crippen molar-refractivity contribution in [1.82, 2.24) is 0 Å². The topological polar surface area (TPSA) is 43.1 Å². The van der Waals surface area contributed by atoms with Gasteiger partial charge in [-0.1, -0.05) is 37.4 Å². The Hall–Kier alpha value is -0.540. The van der Waals surface area contributed by atoms with Crippen molar-refractivity contribution in [2.24, 2.45) is 5.92 Å². The molecule has 0 aromatic heterocycles. The molecule has 1 aromatic rings. The number of hydrogen-bond acceptors (Lipinski definition) is 2. The van der Waals surface area contributed by atoms with Gasteiger partial charge in [0, 0.05) is 10.9 Å². The average Bonchev–Trinajstić information content (AvgIpc) is 2.28. The number of halogens is 1. The molecule has 3 atom stereocenters. The zero-order valence-corrected chi connectivity index (χ0v) is 11.6. The fraction of sp³-hybridized carbons (Fsp3) is 0.538. The Balaban J connectivity index is 2.24. The average molecular weight is 272 g/mol. The molecular weight excluding hydrogens is 254 g/mol. The van der Waals surface area contributed by atoms with Gasteiger partial charge in [-0.2, -0.15) is 0 Å². The van der Waals surface area contributed by atoms with E-state index in [1.807, 2.05) is 0 Å². The highest BCUT2D eigenvalue weighted by molar-refractivity contribution is 7.86. The van der Waals surface area contributed by atoms with Crippen LogP contribution in [0.5, 0.6) is 0 Å². The van der Waals surface area contributed by atoms with Gasteiger partial charge in [-0.25, -0.2) is 0 Å². The first kappa shape index (κ1) is 12.9. The van der Waals surface area contributed by atoms with E-state index in [4.69, 9.17) is 17.3 Å². The highest BCUT2D eigenvalue weighted by Gasteiger charge is 2.27. The number of hydrogen-bond donors (Lipinski definition) is 1. The zero-order valence-electron chi connectivity index (χ0n) is 9.99. The van der Waals surface area contributed by atoms with Crippen molar-refractivity contribution in [3.05, 3.63) is 23.2 Å². The second-order valence-electron chi connectivity index (χ2n) is 4.85. The summed E-state index contributed by atoms with van der Waals surface area (Å²) >= 11 is 6.11. The lowest BCUT2D eigenvalue weighted by Gasteiger charge is -2.26. The van der Waals surface area contributed by atoms with E-state index >= 15 is 0 Å². The second-order valence-corrected chi connectivity index (χ2v) is 6.93. The molecule has 1 aromatic carbocycles. The van der Waals surface area contributed by atoms with Crippen LogP contribution in [0.25, 0.3) is 0 Å². The van der Waals surface area contributed by atoms with Crippen molar-refractivity contribution in [2.45, 2.75) is 42.8 Å². The van der Waals surface area contributed by atoms with Gasteiger partial charge in [0.25, 0.3) is 0 Å². The molecular formula is C13H18ClNOS. The summed E-state index contributed by atoms with van der Waals surface area (Å²) in [5.41, 5.74) is 6.44. The molecule has 0 aliphatic heterocycles. The largest absolute Gasteiger partial charge is 0.398 e. The Bertz CT molecular complexity index is 415. The Morgan fingerprint density at radius 2 is 2.18 bits per heavy atom. The van der Waals surface area contributed by atoms with Gasteiger partial charge in [0.05, 0.1) is 20.7 Å². The summed E-state index contributed by atoms with van der Waals surface area (Å²) in [6, 6.07) is 5.32. The third-order valence-corrected chi connectivity index (χ3v) is 5.71. The first-order chi connectivity index (χ1) is 8.09. The molecule has 1 fully saturated rings. The summed E-state index contributed by atoms with van der Waals surface area (Å²) in [6.45, 7) is 2.22. The predicted molar refractivity (Wildman–Crippen MR) is 73.7 cm³/mol. The summed E-state index contributed by atoms with van der Waals surface area (Å²) in [7, 11) is -1.07. The van der Waals surface area contributed by atoms with E-state index in [2.05, 4.69) is 6.92 Å². The van der Waals surface area contributed by atoms with Crippen LogP contribution in [-0.4, -0.2) is 9.46 Å². The number of nitrogens with two attached hydrogens (primary N) is 1. The molecule has 0 saturated heterocycles. The van der Waals surface area contributed by atoms with Crippen LogP contribution in [0.3, 0.4) is 0 Å². The van der Waals surface area contributed by atoms with E-state index in [1.54, 1.807) is 18.2 Å². The summed E-state index contributed by atoms with van der Waals surface area (Å²) in [4.78, 5) is 0.633. The van der Waals surface area contributed by atoms with Crippen molar-refractivity contribution in [2.75, 3.05) is 5.73 Å². The molecule has 1 aliphatic rings. The van der Waals surface area contributed by atoms with E-state index in [0.29, 0.717) is 21.5 Å². The fourth-order valence-electron chi connectivity index (χ4n) is 2.48. The van der Waals surface area contributed by atoms with E-state index in [0.717, 1.165) is 19.3 Å². The molecule has 0 spiro atoms. The molecule has 4 heteroatoms. The first-order valence-corrected chi connectivity index (χ1v) is 7.63.